The molecule has 3 heteroatoms. The van der Waals surface area contributed by atoms with Crippen molar-refractivity contribution < 1.29 is 4.74 Å². The van der Waals surface area contributed by atoms with Crippen LogP contribution in [-0.4, -0.2) is 12.9 Å². The van der Waals surface area contributed by atoms with Gasteiger partial charge >= 0.3 is 0 Å². The molecule has 0 radical (unpaired) electrons. The lowest BCUT2D eigenvalue weighted by Crippen LogP contribution is -2.12. The van der Waals surface area contributed by atoms with Crippen LogP contribution in [0.25, 0.3) is 0 Å². The van der Waals surface area contributed by atoms with Crippen molar-refractivity contribution in [2.45, 2.75) is 19.8 Å². The standard InChI is InChI=1S/C11H16N2O/c1-7(2)8-4-5-9(11(12)13)10(6-8)14-3/h4-7H,1-3H3,(H3,12,13). The van der Waals surface area contributed by atoms with E-state index in [1.807, 2.05) is 18.2 Å². The Balaban J connectivity index is 3.18. The molecular weight excluding hydrogens is 176 g/mol. The van der Waals surface area contributed by atoms with Gasteiger partial charge in [-0.15, -0.1) is 0 Å². The molecule has 0 fully saturated rings. The second-order valence-corrected chi connectivity index (χ2v) is 3.53. The maximum absolute atomic E-state index is 7.36. The van der Waals surface area contributed by atoms with Crippen molar-refractivity contribution in [3.05, 3.63) is 29.3 Å². The van der Waals surface area contributed by atoms with E-state index in [9.17, 15) is 0 Å². The fourth-order valence-electron chi connectivity index (χ4n) is 1.29. The summed E-state index contributed by atoms with van der Waals surface area (Å²) in [6.45, 7) is 4.23. The minimum Gasteiger partial charge on any atom is -0.496 e. The summed E-state index contributed by atoms with van der Waals surface area (Å²) < 4.78 is 5.18. The van der Waals surface area contributed by atoms with Gasteiger partial charge in [-0.3, -0.25) is 5.41 Å². The van der Waals surface area contributed by atoms with E-state index in [0.717, 1.165) is 0 Å². The summed E-state index contributed by atoms with van der Waals surface area (Å²) in [7, 11) is 1.59. The summed E-state index contributed by atoms with van der Waals surface area (Å²) >= 11 is 0. The van der Waals surface area contributed by atoms with Crippen molar-refractivity contribution in [3.8, 4) is 5.75 Å². The molecule has 0 spiro atoms. The fraction of sp³-hybridized carbons (Fsp3) is 0.364. The molecule has 0 aliphatic carbocycles. The highest BCUT2D eigenvalue weighted by Crippen LogP contribution is 2.24. The molecule has 0 aliphatic heterocycles. The number of rotatable bonds is 3. The van der Waals surface area contributed by atoms with Crippen LogP contribution in [0, 0.1) is 5.41 Å². The van der Waals surface area contributed by atoms with Gasteiger partial charge in [0, 0.05) is 0 Å². The Kier molecular flexibility index (Phi) is 3.12. The Labute approximate surface area is 84.4 Å². The summed E-state index contributed by atoms with van der Waals surface area (Å²) in [5, 5.41) is 7.36. The highest BCUT2D eigenvalue weighted by Gasteiger charge is 2.08. The van der Waals surface area contributed by atoms with Crippen LogP contribution in [0.1, 0.15) is 30.9 Å². The van der Waals surface area contributed by atoms with Gasteiger partial charge in [0.2, 0.25) is 0 Å². The number of ether oxygens (including phenoxy) is 1. The van der Waals surface area contributed by atoms with E-state index in [0.29, 0.717) is 17.2 Å². The molecule has 14 heavy (non-hydrogen) atoms. The average molecular weight is 192 g/mol. The molecule has 0 amide bonds. The second kappa shape index (κ2) is 4.13. The topological polar surface area (TPSA) is 59.1 Å². The van der Waals surface area contributed by atoms with Crippen LogP contribution in [0.2, 0.25) is 0 Å². The maximum atomic E-state index is 7.36. The van der Waals surface area contributed by atoms with Crippen LogP contribution in [0.3, 0.4) is 0 Å². The highest BCUT2D eigenvalue weighted by molar-refractivity contribution is 5.97. The number of hydrogen-bond acceptors (Lipinski definition) is 2. The Hall–Kier alpha value is -1.51. The van der Waals surface area contributed by atoms with Gasteiger partial charge in [0.1, 0.15) is 11.6 Å². The zero-order chi connectivity index (χ0) is 10.7. The first-order valence-electron chi connectivity index (χ1n) is 4.58. The third kappa shape index (κ3) is 2.05. The lowest BCUT2D eigenvalue weighted by atomic mass is 10.0. The van der Waals surface area contributed by atoms with E-state index in [1.54, 1.807) is 7.11 Å². The molecule has 0 heterocycles. The quantitative estimate of drug-likeness (QED) is 0.569. The zero-order valence-electron chi connectivity index (χ0n) is 8.79. The molecule has 0 aromatic heterocycles. The van der Waals surface area contributed by atoms with Gasteiger partial charge in [-0.05, 0) is 23.6 Å². The number of benzene rings is 1. The van der Waals surface area contributed by atoms with Gasteiger partial charge in [0.05, 0.1) is 12.7 Å². The SMILES string of the molecule is COc1cc(C(C)C)ccc1C(=N)N. The van der Waals surface area contributed by atoms with Gasteiger partial charge in [-0.1, -0.05) is 19.9 Å². The minimum absolute atomic E-state index is 0.0390. The van der Waals surface area contributed by atoms with Crippen molar-refractivity contribution in [1.82, 2.24) is 0 Å². The highest BCUT2D eigenvalue weighted by atomic mass is 16.5. The van der Waals surface area contributed by atoms with Crippen LogP contribution >= 0.6 is 0 Å². The summed E-state index contributed by atoms with van der Waals surface area (Å²) in [6.07, 6.45) is 0. The predicted octanol–water partition coefficient (Wildman–Crippen LogP) is 2.10. The van der Waals surface area contributed by atoms with E-state index in [2.05, 4.69) is 13.8 Å². The van der Waals surface area contributed by atoms with E-state index >= 15 is 0 Å². The molecule has 0 atom stereocenters. The molecule has 1 aromatic carbocycles. The van der Waals surface area contributed by atoms with Gasteiger partial charge in [0.25, 0.3) is 0 Å². The molecule has 1 aromatic rings. The first-order chi connectivity index (χ1) is 6.56. The lowest BCUT2D eigenvalue weighted by Gasteiger charge is -2.11. The monoisotopic (exact) mass is 192 g/mol. The van der Waals surface area contributed by atoms with Crippen molar-refractivity contribution in [1.29, 1.82) is 5.41 Å². The van der Waals surface area contributed by atoms with Crippen molar-refractivity contribution in [2.75, 3.05) is 7.11 Å². The number of nitrogens with two attached hydrogens (primary N) is 1. The van der Waals surface area contributed by atoms with E-state index in [4.69, 9.17) is 15.9 Å². The number of amidine groups is 1. The lowest BCUT2D eigenvalue weighted by molar-refractivity contribution is 0.413. The number of hydrogen-bond donors (Lipinski definition) is 2. The zero-order valence-corrected chi connectivity index (χ0v) is 8.79. The van der Waals surface area contributed by atoms with Gasteiger partial charge in [-0.25, -0.2) is 0 Å². The molecule has 76 valence electrons. The molecule has 0 aliphatic rings. The summed E-state index contributed by atoms with van der Waals surface area (Å²) in [6, 6.07) is 5.74. The van der Waals surface area contributed by atoms with Gasteiger partial charge < -0.3 is 10.5 Å². The van der Waals surface area contributed by atoms with Crippen LogP contribution in [0.15, 0.2) is 18.2 Å². The van der Waals surface area contributed by atoms with Crippen molar-refractivity contribution in [2.24, 2.45) is 5.73 Å². The van der Waals surface area contributed by atoms with Gasteiger partial charge in [-0.2, -0.15) is 0 Å². The van der Waals surface area contributed by atoms with Gasteiger partial charge in [0.15, 0.2) is 0 Å². The van der Waals surface area contributed by atoms with Crippen LogP contribution in [0.4, 0.5) is 0 Å². The van der Waals surface area contributed by atoms with Crippen LogP contribution in [0.5, 0.6) is 5.75 Å². The Morgan fingerprint density at radius 2 is 2.07 bits per heavy atom. The molecule has 3 N–H and O–H groups in total. The van der Waals surface area contributed by atoms with Crippen molar-refractivity contribution in [3.63, 3.8) is 0 Å². The second-order valence-electron chi connectivity index (χ2n) is 3.53. The molecule has 0 bridgehead atoms. The summed E-state index contributed by atoms with van der Waals surface area (Å²) in [5.74, 6) is 1.16. The maximum Gasteiger partial charge on any atom is 0.130 e. The number of nitrogen functional groups attached to an aromatic ring is 1. The van der Waals surface area contributed by atoms with Crippen LogP contribution in [-0.2, 0) is 0 Å². The molecule has 3 nitrogen and oxygen atoms in total. The summed E-state index contributed by atoms with van der Waals surface area (Å²) in [5.41, 5.74) is 7.26. The first-order valence-corrected chi connectivity index (χ1v) is 4.58. The predicted molar refractivity (Wildman–Crippen MR) is 58.1 cm³/mol. The Morgan fingerprint density at radius 1 is 1.43 bits per heavy atom. The average Bonchev–Trinajstić information content (AvgIpc) is 2.16. The molecular formula is C11H16N2O. The first kappa shape index (κ1) is 10.6. The molecule has 0 unspecified atom stereocenters. The smallest absolute Gasteiger partial charge is 0.130 e. The van der Waals surface area contributed by atoms with E-state index in [1.165, 1.54) is 5.56 Å². The normalized spacial score (nSPS) is 10.3. The fourth-order valence-corrected chi connectivity index (χ4v) is 1.29. The van der Waals surface area contributed by atoms with Crippen molar-refractivity contribution >= 4 is 5.84 Å². The van der Waals surface area contributed by atoms with E-state index < -0.39 is 0 Å². The summed E-state index contributed by atoms with van der Waals surface area (Å²) in [4.78, 5) is 0. The Morgan fingerprint density at radius 3 is 2.50 bits per heavy atom. The third-order valence-corrected chi connectivity index (χ3v) is 2.18. The largest absolute Gasteiger partial charge is 0.496 e. The van der Waals surface area contributed by atoms with E-state index in [-0.39, 0.29) is 5.84 Å². The Bertz CT molecular complexity index is 345. The molecule has 0 saturated carbocycles. The minimum atomic E-state index is 0.0390. The number of methoxy groups -OCH3 is 1. The van der Waals surface area contributed by atoms with Crippen LogP contribution < -0.4 is 10.5 Å². The number of nitrogens with one attached hydrogen (secondary N) is 1. The third-order valence-electron chi connectivity index (χ3n) is 2.18. The molecule has 1 rings (SSSR count). The molecule has 0 saturated heterocycles.